The number of aryl methyl sites for hydroxylation is 1. The van der Waals surface area contributed by atoms with Gasteiger partial charge in [-0.3, -0.25) is 4.68 Å². The number of aliphatic hydroxyl groups excluding tert-OH is 1. The van der Waals surface area contributed by atoms with Crippen LogP contribution in [0.25, 0.3) is 0 Å². The summed E-state index contributed by atoms with van der Waals surface area (Å²) >= 11 is 3.58. The average molecular weight is 353 g/mol. The fourth-order valence-electron chi connectivity index (χ4n) is 6.86. The van der Waals surface area contributed by atoms with Gasteiger partial charge in [-0.25, -0.2) is 0 Å². The normalized spacial score (nSPS) is 46.0. The van der Waals surface area contributed by atoms with Crippen molar-refractivity contribution in [1.82, 2.24) is 9.78 Å². The van der Waals surface area contributed by atoms with Crippen LogP contribution in [-0.2, 0) is 7.05 Å². The second-order valence-corrected chi connectivity index (χ2v) is 9.75. The van der Waals surface area contributed by atoms with E-state index >= 15 is 0 Å². The van der Waals surface area contributed by atoms with Crippen LogP contribution in [0, 0.1) is 22.2 Å². The average Bonchev–Trinajstić information content (AvgIpc) is 2.63. The van der Waals surface area contributed by atoms with Crippen molar-refractivity contribution in [3.8, 4) is 0 Å². The summed E-state index contributed by atoms with van der Waals surface area (Å²) in [5.41, 5.74) is 1.88. The van der Waals surface area contributed by atoms with Gasteiger partial charge in [-0.15, -0.1) is 0 Å². The first kappa shape index (κ1) is 14.3. The molecule has 4 saturated carbocycles. The van der Waals surface area contributed by atoms with Crippen molar-refractivity contribution in [2.45, 2.75) is 58.5 Å². The van der Waals surface area contributed by atoms with Crippen LogP contribution in [0.1, 0.15) is 64.2 Å². The number of halogens is 1. The molecule has 5 rings (SSSR count). The van der Waals surface area contributed by atoms with E-state index in [1.165, 1.54) is 38.5 Å². The van der Waals surface area contributed by atoms with Crippen molar-refractivity contribution in [3.05, 3.63) is 16.4 Å². The van der Waals surface area contributed by atoms with Crippen LogP contribution in [0.5, 0.6) is 0 Å². The van der Waals surface area contributed by atoms with Crippen molar-refractivity contribution in [2.24, 2.45) is 29.2 Å². The Labute approximate surface area is 135 Å². The van der Waals surface area contributed by atoms with Crippen LogP contribution < -0.4 is 0 Å². The molecule has 0 saturated heterocycles. The molecule has 0 radical (unpaired) electrons. The summed E-state index contributed by atoms with van der Waals surface area (Å²) in [4.78, 5) is 0. The molecule has 0 spiro atoms. The molecule has 0 aromatic carbocycles. The first-order valence-corrected chi connectivity index (χ1v) is 8.89. The summed E-state index contributed by atoms with van der Waals surface area (Å²) in [5.74, 6) is 0.804. The lowest BCUT2D eigenvalue weighted by molar-refractivity contribution is -0.188. The summed E-state index contributed by atoms with van der Waals surface area (Å²) in [6, 6.07) is 0. The molecule has 1 N–H and O–H groups in total. The van der Waals surface area contributed by atoms with Crippen LogP contribution in [0.4, 0.5) is 0 Å². The van der Waals surface area contributed by atoms with E-state index in [-0.39, 0.29) is 5.41 Å². The summed E-state index contributed by atoms with van der Waals surface area (Å²) in [5, 5.41) is 15.6. The maximum absolute atomic E-state index is 11.3. The van der Waals surface area contributed by atoms with Gasteiger partial charge < -0.3 is 5.11 Å². The Morgan fingerprint density at radius 1 is 1.24 bits per heavy atom. The highest BCUT2D eigenvalue weighted by atomic mass is 79.9. The van der Waals surface area contributed by atoms with Gasteiger partial charge in [0.05, 0.1) is 16.4 Å². The molecule has 3 unspecified atom stereocenters. The largest absolute Gasteiger partial charge is 0.386 e. The Kier molecular flexibility index (Phi) is 2.81. The molecule has 4 fully saturated rings. The molecule has 0 amide bonds. The van der Waals surface area contributed by atoms with Gasteiger partial charge in [-0.05, 0) is 71.2 Å². The second kappa shape index (κ2) is 4.14. The van der Waals surface area contributed by atoms with E-state index in [1.54, 1.807) is 0 Å². The van der Waals surface area contributed by atoms with Crippen molar-refractivity contribution < 1.29 is 5.11 Å². The molecule has 0 aliphatic heterocycles. The van der Waals surface area contributed by atoms with Gasteiger partial charge in [-0.2, -0.15) is 5.10 Å². The second-order valence-electron chi connectivity index (χ2n) is 8.90. The zero-order valence-electron chi connectivity index (χ0n) is 13.2. The summed E-state index contributed by atoms with van der Waals surface area (Å²) in [7, 11) is 1.94. The van der Waals surface area contributed by atoms with Gasteiger partial charge >= 0.3 is 0 Å². The first-order valence-electron chi connectivity index (χ1n) is 8.10. The molecular formula is C17H25BrN2O. The van der Waals surface area contributed by atoms with Crippen molar-refractivity contribution >= 4 is 15.9 Å². The zero-order chi connectivity index (χ0) is 15.0. The minimum absolute atomic E-state index is 0.0548. The highest BCUT2D eigenvalue weighted by Crippen LogP contribution is 2.72. The molecular weight excluding hydrogens is 328 g/mol. The molecule has 4 aliphatic rings. The van der Waals surface area contributed by atoms with Crippen LogP contribution >= 0.6 is 15.9 Å². The van der Waals surface area contributed by atoms with E-state index in [1.807, 2.05) is 17.9 Å². The number of hydrogen-bond donors (Lipinski definition) is 1. The van der Waals surface area contributed by atoms with E-state index in [4.69, 9.17) is 0 Å². The van der Waals surface area contributed by atoms with Crippen molar-refractivity contribution in [1.29, 1.82) is 0 Å². The van der Waals surface area contributed by atoms with Crippen molar-refractivity contribution in [2.75, 3.05) is 0 Å². The van der Waals surface area contributed by atoms with Gasteiger partial charge in [0.1, 0.15) is 6.10 Å². The molecule has 4 heteroatoms. The van der Waals surface area contributed by atoms with E-state index in [0.29, 0.717) is 10.8 Å². The van der Waals surface area contributed by atoms with E-state index < -0.39 is 6.10 Å². The third-order valence-corrected chi connectivity index (χ3v) is 7.06. The lowest BCUT2D eigenvalue weighted by Gasteiger charge is -2.66. The fraction of sp³-hybridized carbons (Fsp3) is 0.824. The molecule has 3 atom stereocenters. The quantitative estimate of drug-likeness (QED) is 0.865. The Morgan fingerprint density at radius 3 is 2.33 bits per heavy atom. The lowest BCUT2D eigenvalue weighted by Crippen LogP contribution is -2.57. The van der Waals surface area contributed by atoms with E-state index in [2.05, 4.69) is 34.9 Å². The molecule has 4 aliphatic carbocycles. The number of hydrogen-bond acceptors (Lipinski definition) is 2. The fourth-order valence-corrected chi connectivity index (χ4v) is 7.42. The van der Waals surface area contributed by atoms with E-state index in [0.717, 1.165) is 16.1 Å². The highest BCUT2D eigenvalue weighted by Gasteiger charge is 2.62. The summed E-state index contributed by atoms with van der Waals surface area (Å²) in [6.45, 7) is 4.91. The van der Waals surface area contributed by atoms with Crippen LogP contribution in [0.15, 0.2) is 10.7 Å². The summed E-state index contributed by atoms with van der Waals surface area (Å²) < 4.78 is 2.79. The minimum Gasteiger partial charge on any atom is -0.386 e. The standard InChI is InChI=1S/C17H25BrN2O/c1-15-4-11-5-16(2,8-15)10-17(6-11,9-15)14(21)13-12(18)7-19-20(13)3/h7,11,14,21H,4-6,8-10H2,1-3H3. The molecule has 1 heterocycles. The Morgan fingerprint density at radius 2 is 1.86 bits per heavy atom. The number of rotatable bonds is 2. The van der Waals surface area contributed by atoms with Crippen molar-refractivity contribution in [3.63, 3.8) is 0 Å². The first-order chi connectivity index (χ1) is 9.74. The summed E-state index contributed by atoms with van der Waals surface area (Å²) in [6.07, 6.45) is 9.02. The van der Waals surface area contributed by atoms with Crippen LogP contribution in [0.3, 0.4) is 0 Å². The molecule has 4 bridgehead atoms. The molecule has 21 heavy (non-hydrogen) atoms. The smallest absolute Gasteiger partial charge is 0.102 e. The number of aromatic nitrogens is 2. The predicted molar refractivity (Wildman–Crippen MR) is 85.7 cm³/mol. The third kappa shape index (κ3) is 1.98. The van der Waals surface area contributed by atoms with Gasteiger partial charge in [0, 0.05) is 12.5 Å². The SMILES string of the molecule is Cn1ncc(Br)c1C(O)C12CC3CC(C)(CC(C)(C3)C1)C2. The number of nitrogens with zero attached hydrogens (tertiary/aromatic N) is 2. The maximum atomic E-state index is 11.3. The molecule has 1 aromatic heterocycles. The topological polar surface area (TPSA) is 38.0 Å². The molecule has 116 valence electrons. The lowest BCUT2D eigenvalue weighted by atomic mass is 9.39. The third-order valence-electron chi connectivity index (χ3n) is 6.45. The molecule has 1 aromatic rings. The Bertz CT molecular complexity index is 558. The molecule has 3 nitrogen and oxygen atoms in total. The van der Waals surface area contributed by atoms with Gasteiger partial charge in [-0.1, -0.05) is 13.8 Å². The van der Waals surface area contributed by atoms with Gasteiger partial charge in [0.15, 0.2) is 0 Å². The monoisotopic (exact) mass is 352 g/mol. The Balaban J connectivity index is 1.77. The predicted octanol–water partition coefficient (Wildman–Crippen LogP) is 4.21. The minimum atomic E-state index is -0.401. The van der Waals surface area contributed by atoms with Gasteiger partial charge in [0.2, 0.25) is 0 Å². The maximum Gasteiger partial charge on any atom is 0.102 e. The Hall–Kier alpha value is -0.350. The highest BCUT2D eigenvalue weighted by molar-refractivity contribution is 9.10. The van der Waals surface area contributed by atoms with Crippen LogP contribution in [0.2, 0.25) is 0 Å². The van der Waals surface area contributed by atoms with Crippen LogP contribution in [-0.4, -0.2) is 14.9 Å². The van der Waals surface area contributed by atoms with Gasteiger partial charge in [0.25, 0.3) is 0 Å². The number of aliphatic hydroxyl groups is 1. The zero-order valence-corrected chi connectivity index (χ0v) is 14.8. The van der Waals surface area contributed by atoms with E-state index in [9.17, 15) is 5.11 Å².